The van der Waals surface area contributed by atoms with Gasteiger partial charge in [-0.05, 0) is 61.7 Å². The van der Waals surface area contributed by atoms with Crippen molar-refractivity contribution in [2.75, 3.05) is 13.6 Å². The lowest BCUT2D eigenvalue weighted by Crippen LogP contribution is -2.49. The number of guanidine groups is 1. The van der Waals surface area contributed by atoms with Crippen molar-refractivity contribution in [1.82, 2.24) is 5.32 Å². The van der Waals surface area contributed by atoms with Gasteiger partial charge in [-0.15, -0.1) is 24.0 Å². The summed E-state index contributed by atoms with van der Waals surface area (Å²) in [5.41, 5.74) is 5.72. The smallest absolute Gasteiger partial charge is 0.188 e. The van der Waals surface area contributed by atoms with Crippen molar-refractivity contribution in [3.05, 3.63) is 0 Å². The molecule has 4 rings (SSSR count). The molecule has 98 valence electrons. The first kappa shape index (κ1) is 13.4. The fourth-order valence-corrected chi connectivity index (χ4v) is 4.67. The molecular weight excluding hydrogens is 325 g/mol. The molecule has 0 aliphatic heterocycles. The van der Waals surface area contributed by atoms with E-state index in [4.69, 9.17) is 5.73 Å². The summed E-state index contributed by atoms with van der Waals surface area (Å²) < 4.78 is 0. The van der Waals surface area contributed by atoms with Crippen molar-refractivity contribution in [2.24, 2.45) is 40.3 Å². The van der Waals surface area contributed by atoms with Crippen molar-refractivity contribution >= 4 is 29.9 Å². The molecule has 4 fully saturated rings. The second kappa shape index (κ2) is 5.33. The lowest BCUT2D eigenvalue weighted by atomic mass is 9.52. The summed E-state index contributed by atoms with van der Waals surface area (Å²) in [5, 5.41) is 3.29. The van der Waals surface area contributed by atoms with Crippen LogP contribution < -0.4 is 11.1 Å². The summed E-state index contributed by atoms with van der Waals surface area (Å²) >= 11 is 0. The first-order valence-electron chi connectivity index (χ1n) is 6.72. The minimum Gasteiger partial charge on any atom is -0.370 e. The third-order valence-corrected chi connectivity index (χ3v) is 5.18. The van der Waals surface area contributed by atoms with Gasteiger partial charge in [0.25, 0.3) is 0 Å². The molecule has 3 nitrogen and oxygen atoms in total. The van der Waals surface area contributed by atoms with Gasteiger partial charge < -0.3 is 11.1 Å². The number of nitrogens with zero attached hydrogens (tertiary/aromatic N) is 1. The van der Waals surface area contributed by atoms with Gasteiger partial charge in [-0.2, -0.15) is 0 Å². The molecular formula is C13H24IN3. The normalized spacial score (nSPS) is 43.4. The van der Waals surface area contributed by atoms with Crippen molar-refractivity contribution in [3.8, 4) is 0 Å². The van der Waals surface area contributed by atoms with Gasteiger partial charge in [-0.1, -0.05) is 0 Å². The first-order chi connectivity index (χ1) is 7.76. The van der Waals surface area contributed by atoms with Crippen LogP contribution in [-0.4, -0.2) is 19.6 Å². The second-order valence-corrected chi connectivity index (χ2v) is 6.08. The predicted octanol–water partition coefficient (Wildman–Crippen LogP) is 2.21. The molecule has 3 N–H and O–H groups in total. The van der Waals surface area contributed by atoms with Crippen LogP contribution in [0.3, 0.4) is 0 Å². The Hall–Kier alpha value is 0. The minimum absolute atomic E-state index is 0. The van der Waals surface area contributed by atoms with E-state index in [0.29, 0.717) is 5.96 Å². The van der Waals surface area contributed by atoms with Gasteiger partial charge >= 0.3 is 0 Å². The molecule has 0 unspecified atom stereocenters. The highest BCUT2D eigenvalue weighted by atomic mass is 127. The van der Waals surface area contributed by atoms with Crippen molar-refractivity contribution < 1.29 is 0 Å². The topological polar surface area (TPSA) is 50.4 Å². The van der Waals surface area contributed by atoms with E-state index < -0.39 is 0 Å². The first-order valence-corrected chi connectivity index (χ1v) is 6.72. The summed E-state index contributed by atoms with van der Waals surface area (Å²) in [5.74, 6) is 5.57. The van der Waals surface area contributed by atoms with Gasteiger partial charge in [0.2, 0.25) is 0 Å². The van der Waals surface area contributed by atoms with Crippen LogP contribution >= 0.6 is 24.0 Å². The van der Waals surface area contributed by atoms with Crippen LogP contribution in [0.15, 0.2) is 4.99 Å². The SMILES string of the molecule is CN=C(N)NCC1C2CC3CC(C2)CC1C3.I. The molecule has 17 heavy (non-hydrogen) atoms. The third kappa shape index (κ3) is 2.56. The molecule has 0 saturated heterocycles. The molecule has 0 radical (unpaired) electrons. The Balaban J connectivity index is 0.00000108. The van der Waals surface area contributed by atoms with E-state index in [0.717, 1.165) is 36.1 Å². The van der Waals surface area contributed by atoms with Crippen LogP contribution in [0, 0.1) is 29.6 Å². The largest absolute Gasteiger partial charge is 0.370 e. The molecule has 0 aromatic heterocycles. The lowest BCUT2D eigenvalue weighted by Gasteiger charge is -2.54. The van der Waals surface area contributed by atoms with Gasteiger partial charge in [-0.25, -0.2) is 0 Å². The zero-order chi connectivity index (χ0) is 11.1. The van der Waals surface area contributed by atoms with Crippen molar-refractivity contribution in [1.29, 1.82) is 0 Å². The van der Waals surface area contributed by atoms with E-state index in [2.05, 4.69) is 10.3 Å². The van der Waals surface area contributed by atoms with Gasteiger partial charge in [0.15, 0.2) is 5.96 Å². The maximum atomic E-state index is 5.72. The summed E-state index contributed by atoms with van der Waals surface area (Å²) in [4.78, 5) is 3.97. The van der Waals surface area contributed by atoms with Crippen LogP contribution in [0.25, 0.3) is 0 Å². The zero-order valence-corrected chi connectivity index (χ0v) is 12.9. The summed E-state index contributed by atoms with van der Waals surface area (Å²) in [6.07, 6.45) is 7.49. The van der Waals surface area contributed by atoms with Crippen LogP contribution in [0.4, 0.5) is 0 Å². The Morgan fingerprint density at radius 1 is 1.12 bits per heavy atom. The average molecular weight is 349 g/mol. The monoisotopic (exact) mass is 349 g/mol. The van der Waals surface area contributed by atoms with E-state index in [1.165, 1.54) is 32.1 Å². The standard InChI is InChI=1S/C13H23N3.HI/c1-15-13(14)16-7-12-10-3-8-2-9(5-10)6-11(12)4-8;/h8-12H,2-7H2,1H3,(H3,14,15,16);1H. The van der Waals surface area contributed by atoms with E-state index in [-0.39, 0.29) is 24.0 Å². The van der Waals surface area contributed by atoms with Crippen LogP contribution in [0.1, 0.15) is 32.1 Å². The number of nitrogens with two attached hydrogens (primary N) is 1. The zero-order valence-electron chi connectivity index (χ0n) is 10.6. The minimum atomic E-state index is 0. The van der Waals surface area contributed by atoms with Gasteiger partial charge in [0, 0.05) is 13.6 Å². The Labute approximate surface area is 121 Å². The van der Waals surface area contributed by atoms with E-state index in [1.54, 1.807) is 7.05 Å². The third-order valence-electron chi connectivity index (χ3n) is 5.18. The van der Waals surface area contributed by atoms with E-state index in [9.17, 15) is 0 Å². The summed E-state index contributed by atoms with van der Waals surface area (Å²) in [7, 11) is 1.75. The average Bonchev–Trinajstić information content (AvgIpc) is 2.26. The summed E-state index contributed by atoms with van der Waals surface area (Å²) in [6, 6.07) is 0. The maximum Gasteiger partial charge on any atom is 0.188 e. The number of halogens is 1. The number of rotatable bonds is 2. The Morgan fingerprint density at radius 2 is 1.65 bits per heavy atom. The second-order valence-electron chi connectivity index (χ2n) is 6.08. The highest BCUT2D eigenvalue weighted by Crippen LogP contribution is 2.56. The highest BCUT2D eigenvalue weighted by Gasteiger charge is 2.47. The molecule has 0 heterocycles. The summed E-state index contributed by atoms with van der Waals surface area (Å²) in [6.45, 7) is 1.05. The van der Waals surface area contributed by atoms with Crippen molar-refractivity contribution in [3.63, 3.8) is 0 Å². The number of hydrogen-bond donors (Lipinski definition) is 2. The van der Waals surface area contributed by atoms with Gasteiger partial charge in [-0.3, -0.25) is 4.99 Å². The molecule has 4 bridgehead atoms. The molecule has 0 atom stereocenters. The predicted molar refractivity (Wildman–Crippen MR) is 81.5 cm³/mol. The molecule has 4 aliphatic carbocycles. The molecule has 4 heteroatoms. The van der Waals surface area contributed by atoms with Crippen molar-refractivity contribution in [2.45, 2.75) is 32.1 Å². The van der Waals surface area contributed by atoms with E-state index in [1.807, 2.05) is 0 Å². The highest BCUT2D eigenvalue weighted by molar-refractivity contribution is 14.0. The Kier molecular flexibility index (Phi) is 4.21. The lowest BCUT2D eigenvalue weighted by molar-refractivity contribution is -0.0338. The molecule has 0 aromatic carbocycles. The Bertz CT molecular complexity index is 275. The van der Waals surface area contributed by atoms with Crippen LogP contribution in [-0.2, 0) is 0 Å². The van der Waals surface area contributed by atoms with Gasteiger partial charge in [0.1, 0.15) is 0 Å². The van der Waals surface area contributed by atoms with Gasteiger partial charge in [0.05, 0.1) is 0 Å². The number of nitrogens with one attached hydrogen (secondary N) is 1. The molecule has 0 amide bonds. The molecule has 4 saturated carbocycles. The molecule has 4 aliphatic rings. The maximum absolute atomic E-state index is 5.72. The van der Waals surface area contributed by atoms with E-state index >= 15 is 0 Å². The number of aliphatic imine (C=N–C) groups is 1. The Morgan fingerprint density at radius 3 is 2.12 bits per heavy atom. The molecule has 0 aromatic rings. The number of hydrogen-bond acceptors (Lipinski definition) is 1. The van der Waals surface area contributed by atoms with Crippen LogP contribution in [0.2, 0.25) is 0 Å². The van der Waals surface area contributed by atoms with Crippen LogP contribution in [0.5, 0.6) is 0 Å². The fraction of sp³-hybridized carbons (Fsp3) is 0.923. The quantitative estimate of drug-likeness (QED) is 0.456. The fourth-order valence-electron chi connectivity index (χ4n) is 4.67. The molecule has 0 spiro atoms.